The van der Waals surface area contributed by atoms with E-state index >= 15 is 0 Å². The molecule has 1 aliphatic carbocycles. The van der Waals surface area contributed by atoms with Crippen molar-refractivity contribution in [2.24, 2.45) is 5.73 Å². The van der Waals surface area contributed by atoms with Crippen LogP contribution in [-0.2, 0) is 11.2 Å². The van der Waals surface area contributed by atoms with Crippen LogP contribution in [-0.4, -0.2) is 21.7 Å². The zero-order chi connectivity index (χ0) is 21.3. The summed E-state index contributed by atoms with van der Waals surface area (Å²) in [7, 11) is 0. The fourth-order valence-electron chi connectivity index (χ4n) is 4.09. The molecule has 1 aliphatic rings. The van der Waals surface area contributed by atoms with Gasteiger partial charge in [-0.1, -0.05) is 41.9 Å². The summed E-state index contributed by atoms with van der Waals surface area (Å²) in [5.41, 5.74) is 7.85. The summed E-state index contributed by atoms with van der Waals surface area (Å²) >= 11 is 6.11. The molecule has 4 rings (SSSR count). The first-order valence-electron chi connectivity index (χ1n) is 9.52. The Balaban J connectivity index is 1.88. The van der Waals surface area contributed by atoms with Gasteiger partial charge in [0, 0.05) is 23.0 Å². The van der Waals surface area contributed by atoms with Crippen LogP contribution in [0.3, 0.4) is 0 Å². The number of hydrogen-bond acceptors (Lipinski definition) is 3. The zero-order valence-corrected chi connectivity index (χ0v) is 16.7. The molecule has 2 amide bonds. The van der Waals surface area contributed by atoms with Crippen molar-refractivity contribution in [1.82, 2.24) is 9.88 Å². The van der Waals surface area contributed by atoms with Gasteiger partial charge in [0.1, 0.15) is 11.9 Å². The van der Waals surface area contributed by atoms with Crippen molar-refractivity contribution in [3.8, 4) is 0 Å². The normalized spacial score (nSPS) is 16.0. The van der Waals surface area contributed by atoms with Gasteiger partial charge < -0.3 is 10.6 Å². The monoisotopic (exact) mass is 423 g/mol. The summed E-state index contributed by atoms with van der Waals surface area (Å²) in [6.45, 7) is 0. The van der Waals surface area contributed by atoms with Crippen LogP contribution in [0.5, 0.6) is 0 Å². The Labute approximate surface area is 178 Å². The highest BCUT2D eigenvalue weighted by molar-refractivity contribution is 6.30. The molecule has 3 aromatic rings. The molecule has 0 aliphatic heterocycles. The number of rotatable bonds is 5. The lowest BCUT2D eigenvalue weighted by Gasteiger charge is -2.36. The number of nitrogens with two attached hydrogens (primary N) is 1. The molecule has 0 radical (unpaired) electrons. The van der Waals surface area contributed by atoms with Crippen LogP contribution in [0.4, 0.5) is 4.39 Å². The van der Waals surface area contributed by atoms with Crippen LogP contribution >= 0.6 is 11.6 Å². The van der Waals surface area contributed by atoms with Crippen molar-refractivity contribution in [3.05, 3.63) is 100 Å². The molecule has 2 atom stereocenters. The molecule has 7 heteroatoms. The SMILES string of the molecule is NC(=O)C(c1ccccc1)N(C(=O)c1ccncc1)[C@@H]1CCc2c(F)cc(Cl)cc21. The number of benzene rings is 2. The molecule has 1 unspecified atom stereocenters. The van der Waals surface area contributed by atoms with Crippen LogP contribution < -0.4 is 5.73 Å². The van der Waals surface area contributed by atoms with E-state index < -0.39 is 23.8 Å². The Morgan fingerprint density at radius 1 is 1.13 bits per heavy atom. The second kappa shape index (κ2) is 8.24. The van der Waals surface area contributed by atoms with E-state index in [1.165, 1.54) is 23.4 Å². The number of nitrogens with zero attached hydrogens (tertiary/aromatic N) is 2. The number of halogens is 2. The van der Waals surface area contributed by atoms with Crippen molar-refractivity contribution in [2.45, 2.75) is 24.9 Å². The Kier molecular flexibility index (Phi) is 5.50. The first kappa shape index (κ1) is 20.0. The molecule has 5 nitrogen and oxygen atoms in total. The molecule has 30 heavy (non-hydrogen) atoms. The predicted octanol–water partition coefficient (Wildman–Crippen LogP) is 4.23. The molecule has 2 aromatic carbocycles. The fraction of sp³-hybridized carbons (Fsp3) is 0.174. The highest BCUT2D eigenvalue weighted by atomic mass is 35.5. The maximum Gasteiger partial charge on any atom is 0.255 e. The number of pyridine rings is 1. The molecule has 0 spiro atoms. The molecule has 1 aromatic heterocycles. The molecular weight excluding hydrogens is 405 g/mol. The number of aromatic nitrogens is 1. The highest BCUT2D eigenvalue weighted by Gasteiger charge is 2.40. The molecule has 152 valence electrons. The summed E-state index contributed by atoms with van der Waals surface area (Å²) in [4.78, 5) is 31.6. The van der Waals surface area contributed by atoms with Gasteiger partial charge in [-0.25, -0.2) is 4.39 Å². The minimum absolute atomic E-state index is 0.241. The lowest BCUT2D eigenvalue weighted by molar-refractivity contribution is -0.123. The summed E-state index contributed by atoms with van der Waals surface area (Å²) in [5.74, 6) is -1.46. The zero-order valence-electron chi connectivity index (χ0n) is 16.0. The minimum atomic E-state index is -1.02. The number of carbonyl (C=O) groups is 2. The third-order valence-electron chi connectivity index (χ3n) is 5.38. The smallest absolute Gasteiger partial charge is 0.255 e. The predicted molar refractivity (Wildman–Crippen MR) is 111 cm³/mol. The van der Waals surface area contributed by atoms with Crippen molar-refractivity contribution in [3.63, 3.8) is 0 Å². The van der Waals surface area contributed by atoms with E-state index in [0.29, 0.717) is 35.1 Å². The van der Waals surface area contributed by atoms with E-state index in [1.54, 1.807) is 42.5 Å². The van der Waals surface area contributed by atoms with E-state index in [1.807, 2.05) is 6.07 Å². The number of amides is 2. The standard InChI is InChI=1S/C23H19ClFN3O2/c24-16-12-18-17(19(25)13-16)6-7-20(18)28(23(30)15-8-10-27-11-9-15)21(22(26)29)14-4-2-1-3-5-14/h1-5,8-13,20-21H,6-7H2,(H2,26,29)/t20-,21?/m1/s1. The first-order chi connectivity index (χ1) is 14.5. The van der Waals surface area contributed by atoms with Gasteiger partial charge >= 0.3 is 0 Å². The third kappa shape index (κ3) is 3.66. The fourth-order valence-corrected chi connectivity index (χ4v) is 4.30. The van der Waals surface area contributed by atoms with Gasteiger partial charge in [0.2, 0.25) is 5.91 Å². The lowest BCUT2D eigenvalue weighted by Crippen LogP contribution is -2.43. The lowest BCUT2D eigenvalue weighted by atomic mass is 9.98. The number of primary amides is 1. The average molecular weight is 424 g/mol. The summed E-state index contributed by atoms with van der Waals surface area (Å²) in [5, 5.41) is 0.241. The van der Waals surface area contributed by atoms with Crippen molar-refractivity contribution >= 4 is 23.4 Å². The quantitative estimate of drug-likeness (QED) is 0.667. The Hall–Kier alpha value is -3.25. The average Bonchev–Trinajstić information content (AvgIpc) is 3.16. The molecule has 1 heterocycles. The molecule has 2 N–H and O–H groups in total. The number of hydrogen-bond donors (Lipinski definition) is 1. The maximum atomic E-state index is 14.5. The van der Waals surface area contributed by atoms with Crippen LogP contribution in [0, 0.1) is 5.82 Å². The molecular formula is C23H19ClFN3O2. The maximum absolute atomic E-state index is 14.5. The van der Waals surface area contributed by atoms with E-state index in [0.717, 1.165) is 0 Å². The van der Waals surface area contributed by atoms with Gasteiger partial charge in [0.05, 0.1) is 6.04 Å². The van der Waals surface area contributed by atoms with Crippen molar-refractivity contribution in [2.75, 3.05) is 0 Å². The summed E-state index contributed by atoms with van der Waals surface area (Å²) < 4.78 is 14.5. The van der Waals surface area contributed by atoms with Gasteiger partial charge in [-0.05, 0) is 53.8 Å². The molecule has 0 bridgehead atoms. The second-order valence-corrected chi connectivity index (χ2v) is 7.61. The van der Waals surface area contributed by atoms with Crippen molar-refractivity contribution < 1.29 is 14.0 Å². The van der Waals surface area contributed by atoms with Gasteiger partial charge in [0.15, 0.2) is 0 Å². The summed E-state index contributed by atoms with van der Waals surface area (Å²) in [6, 6.07) is 13.4. The van der Waals surface area contributed by atoms with E-state index in [2.05, 4.69) is 4.98 Å². The summed E-state index contributed by atoms with van der Waals surface area (Å²) in [6.07, 6.45) is 3.90. The van der Waals surface area contributed by atoms with Crippen LogP contribution in [0.2, 0.25) is 5.02 Å². The Morgan fingerprint density at radius 2 is 1.83 bits per heavy atom. The van der Waals surface area contributed by atoms with Crippen molar-refractivity contribution in [1.29, 1.82) is 0 Å². The van der Waals surface area contributed by atoms with E-state index in [4.69, 9.17) is 17.3 Å². The second-order valence-electron chi connectivity index (χ2n) is 7.17. The van der Waals surface area contributed by atoms with Gasteiger partial charge in [0.25, 0.3) is 5.91 Å². The van der Waals surface area contributed by atoms with E-state index in [9.17, 15) is 14.0 Å². The van der Waals surface area contributed by atoms with Crippen LogP contribution in [0.15, 0.2) is 67.0 Å². The highest BCUT2D eigenvalue weighted by Crippen LogP contribution is 2.43. The Morgan fingerprint density at radius 3 is 2.50 bits per heavy atom. The topological polar surface area (TPSA) is 76.3 Å². The number of fused-ring (bicyclic) bond motifs is 1. The number of carbonyl (C=O) groups excluding carboxylic acids is 2. The van der Waals surface area contributed by atoms with Gasteiger partial charge in [-0.2, -0.15) is 0 Å². The molecule has 0 saturated carbocycles. The molecule has 0 saturated heterocycles. The van der Waals surface area contributed by atoms with E-state index in [-0.39, 0.29) is 10.9 Å². The largest absolute Gasteiger partial charge is 0.368 e. The van der Waals surface area contributed by atoms with Gasteiger partial charge in [-0.3, -0.25) is 14.6 Å². The third-order valence-corrected chi connectivity index (χ3v) is 5.60. The first-order valence-corrected chi connectivity index (χ1v) is 9.90. The van der Waals surface area contributed by atoms with Crippen LogP contribution in [0.1, 0.15) is 45.6 Å². The molecule has 0 fully saturated rings. The Bertz CT molecular complexity index is 1090. The minimum Gasteiger partial charge on any atom is -0.368 e. The van der Waals surface area contributed by atoms with Gasteiger partial charge in [-0.15, -0.1) is 0 Å². The van der Waals surface area contributed by atoms with Crippen LogP contribution in [0.25, 0.3) is 0 Å².